The quantitative estimate of drug-likeness (QED) is 0.645. The second-order valence-corrected chi connectivity index (χ2v) is 2.48. The Labute approximate surface area is 66.8 Å². The number of rotatable bonds is 2. The second-order valence-electron chi connectivity index (χ2n) is 2.48. The molecular weight excluding hydrogens is 172 g/mol. The highest BCUT2D eigenvalue weighted by Gasteiger charge is 2.40. The monoisotopic (exact) mass is 179 g/mol. The lowest BCUT2D eigenvalue weighted by molar-refractivity contribution is -0.163. The molecule has 1 unspecified atom stereocenters. The van der Waals surface area contributed by atoms with Crippen LogP contribution < -0.4 is 0 Å². The first-order valence-corrected chi connectivity index (χ1v) is 3.35. The number of carboxylic acids is 1. The summed E-state index contributed by atoms with van der Waals surface area (Å²) in [5.74, 6) is -2.62. The molecule has 1 aliphatic heterocycles. The van der Waals surface area contributed by atoms with Crippen LogP contribution >= 0.6 is 0 Å². The SMILES string of the molecule is O=C(O)C1CCN1C(=O)C(F)F. The molecule has 1 aliphatic rings. The summed E-state index contributed by atoms with van der Waals surface area (Å²) in [5, 5.41) is 8.40. The average molecular weight is 179 g/mol. The van der Waals surface area contributed by atoms with Crippen molar-refractivity contribution in [3.05, 3.63) is 0 Å². The van der Waals surface area contributed by atoms with Gasteiger partial charge >= 0.3 is 12.4 Å². The third-order valence-electron chi connectivity index (χ3n) is 1.77. The first kappa shape index (κ1) is 8.89. The predicted octanol–water partition coefficient (Wildman–Crippen LogP) is -0.0630. The summed E-state index contributed by atoms with van der Waals surface area (Å²) in [5.41, 5.74) is 0. The molecule has 0 aliphatic carbocycles. The lowest BCUT2D eigenvalue weighted by atomic mass is 10.0. The van der Waals surface area contributed by atoms with E-state index in [9.17, 15) is 18.4 Å². The van der Waals surface area contributed by atoms with Crippen molar-refractivity contribution in [2.45, 2.75) is 18.9 Å². The minimum Gasteiger partial charge on any atom is -0.480 e. The van der Waals surface area contributed by atoms with Gasteiger partial charge in [0.2, 0.25) is 0 Å². The van der Waals surface area contributed by atoms with Crippen molar-refractivity contribution >= 4 is 11.9 Å². The van der Waals surface area contributed by atoms with Crippen molar-refractivity contribution in [2.75, 3.05) is 6.54 Å². The largest absolute Gasteiger partial charge is 0.480 e. The van der Waals surface area contributed by atoms with E-state index < -0.39 is 24.3 Å². The summed E-state index contributed by atoms with van der Waals surface area (Å²) in [7, 11) is 0. The molecule has 4 nitrogen and oxygen atoms in total. The first-order chi connectivity index (χ1) is 5.54. The second kappa shape index (κ2) is 3.04. The summed E-state index contributed by atoms with van der Waals surface area (Å²) >= 11 is 0. The van der Waals surface area contributed by atoms with Crippen LogP contribution in [0.25, 0.3) is 0 Å². The van der Waals surface area contributed by atoms with Gasteiger partial charge in [-0.05, 0) is 6.42 Å². The normalized spacial score (nSPS) is 22.2. The van der Waals surface area contributed by atoms with E-state index in [1.807, 2.05) is 0 Å². The van der Waals surface area contributed by atoms with Crippen LogP contribution in [0, 0.1) is 0 Å². The molecule has 0 spiro atoms. The molecule has 0 aromatic rings. The van der Waals surface area contributed by atoms with Crippen molar-refractivity contribution in [1.82, 2.24) is 4.90 Å². The van der Waals surface area contributed by atoms with Gasteiger partial charge in [-0.1, -0.05) is 0 Å². The Balaban J connectivity index is 2.55. The summed E-state index contributed by atoms with van der Waals surface area (Å²) in [4.78, 5) is 21.5. The van der Waals surface area contributed by atoms with Gasteiger partial charge in [0.1, 0.15) is 6.04 Å². The van der Waals surface area contributed by atoms with Crippen molar-refractivity contribution < 1.29 is 23.5 Å². The Kier molecular flexibility index (Phi) is 2.25. The van der Waals surface area contributed by atoms with Crippen LogP contribution in [0.2, 0.25) is 0 Å². The molecule has 1 rings (SSSR count). The topological polar surface area (TPSA) is 57.6 Å². The molecule has 1 N–H and O–H groups in total. The molecule has 68 valence electrons. The zero-order valence-corrected chi connectivity index (χ0v) is 6.04. The lowest BCUT2D eigenvalue weighted by Gasteiger charge is -2.37. The molecule has 0 aromatic heterocycles. The molecule has 6 heteroatoms. The predicted molar refractivity (Wildman–Crippen MR) is 33.8 cm³/mol. The highest BCUT2D eigenvalue weighted by Crippen LogP contribution is 2.19. The Morgan fingerprint density at radius 1 is 1.50 bits per heavy atom. The van der Waals surface area contributed by atoms with Crippen LogP contribution in [0.1, 0.15) is 6.42 Å². The van der Waals surface area contributed by atoms with Gasteiger partial charge in [-0.2, -0.15) is 8.78 Å². The molecule has 1 fully saturated rings. The molecule has 1 atom stereocenters. The Hall–Kier alpha value is -1.20. The van der Waals surface area contributed by atoms with E-state index in [0.29, 0.717) is 4.90 Å². The van der Waals surface area contributed by atoms with Gasteiger partial charge in [-0.3, -0.25) is 4.79 Å². The number of carboxylic acid groups (broad SMARTS) is 1. The van der Waals surface area contributed by atoms with E-state index in [2.05, 4.69) is 0 Å². The van der Waals surface area contributed by atoms with Crippen molar-refractivity contribution in [1.29, 1.82) is 0 Å². The number of likely N-dealkylation sites (tertiary alicyclic amines) is 1. The van der Waals surface area contributed by atoms with Gasteiger partial charge in [-0.15, -0.1) is 0 Å². The highest BCUT2D eigenvalue weighted by molar-refractivity contribution is 5.87. The first-order valence-electron chi connectivity index (χ1n) is 3.35. The molecule has 0 aromatic carbocycles. The maximum absolute atomic E-state index is 11.8. The number of hydrogen-bond acceptors (Lipinski definition) is 2. The molecule has 0 radical (unpaired) electrons. The van der Waals surface area contributed by atoms with Gasteiger partial charge in [0.05, 0.1) is 0 Å². The average Bonchev–Trinajstić information content (AvgIpc) is 1.82. The maximum Gasteiger partial charge on any atom is 0.326 e. The summed E-state index contributed by atoms with van der Waals surface area (Å²) in [6.45, 7) is 0.111. The number of aliphatic carboxylic acids is 1. The van der Waals surface area contributed by atoms with E-state index in [-0.39, 0.29) is 13.0 Å². The molecular formula is C6H7F2NO3. The van der Waals surface area contributed by atoms with Crippen molar-refractivity contribution in [2.24, 2.45) is 0 Å². The maximum atomic E-state index is 11.8. The van der Waals surface area contributed by atoms with Crippen LogP contribution in [-0.2, 0) is 9.59 Å². The molecule has 1 heterocycles. The minimum absolute atomic E-state index is 0.111. The van der Waals surface area contributed by atoms with E-state index in [4.69, 9.17) is 5.11 Å². The van der Waals surface area contributed by atoms with Gasteiger partial charge < -0.3 is 10.0 Å². The van der Waals surface area contributed by atoms with Crippen LogP contribution in [0.4, 0.5) is 8.78 Å². The number of hydrogen-bond donors (Lipinski definition) is 1. The van der Waals surface area contributed by atoms with Crippen molar-refractivity contribution in [3.63, 3.8) is 0 Å². The zero-order valence-electron chi connectivity index (χ0n) is 6.04. The van der Waals surface area contributed by atoms with Gasteiger partial charge in [-0.25, -0.2) is 4.79 Å². The number of nitrogens with zero attached hydrogens (tertiary/aromatic N) is 1. The van der Waals surface area contributed by atoms with E-state index in [0.717, 1.165) is 0 Å². The van der Waals surface area contributed by atoms with Crippen LogP contribution in [0.15, 0.2) is 0 Å². The van der Waals surface area contributed by atoms with E-state index in [1.165, 1.54) is 0 Å². The van der Waals surface area contributed by atoms with Gasteiger partial charge in [0, 0.05) is 6.54 Å². The Bertz CT molecular complexity index is 219. The smallest absolute Gasteiger partial charge is 0.326 e. The van der Waals surface area contributed by atoms with Crippen LogP contribution in [-0.4, -0.2) is 40.9 Å². The van der Waals surface area contributed by atoms with Crippen molar-refractivity contribution in [3.8, 4) is 0 Å². The van der Waals surface area contributed by atoms with Crippen LogP contribution in [0.3, 0.4) is 0 Å². The minimum atomic E-state index is -3.10. The summed E-state index contributed by atoms with van der Waals surface area (Å²) < 4.78 is 23.5. The third kappa shape index (κ3) is 1.37. The number of halogens is 2. The standard InChI is InChI=1S/C6H7F2NO3/c7-4(8)5(10)9-2-1-3(9)6(11)12/h3-4H,1-2H2,(H,11,12). The number of amides is 1. The molecule has 1 saturated heterocycles. The Morgan fingerprint density at radius 2 is 2.08 bits per heavy atom. The fourth-order valence-electron chi connectivity index (χ4n) is 1.03. The molecule has 0 saturated carbocycles. The number of carbonyl (C=O) groups is 2. The molecule has 1 amide bonds. The molecule has 12 heavy (non-hydrogen) atoms. The van der Waals surface area contributed by atoms with E-state index >= 15 is 0 Å². The van der Waals surface area contributed by atoms with E-state index in [1.54, 1.807) is 0 Å². The third-order valence-corrected chi connectivity index (χ3v) is 1.77. The van der Waals surface area contributed by atoms with Gasteiger partial charge in [0.25, 0.3) is 5.91 Å². The fraction of sp³-hybridized carbons (Fsp3) is 0.667. The fourth-order valence-corrected chi connectivity index (χ4v) is 1.03. The highest BCUT2D eigenvalue weighted by atomic mass is 19.3. The number of carbonyl (C=O) groups excluding carboxylic acids is 1. The van der Waals surface area contributed by atoms with Crippen LogP contribution in [0.5, 0.6) is 0 Å². The van der Waals surface area contributed by atoms with Gasteiger partial charge in [0.15, 0.2) is 0 Å². The zero-order chi connectivity index (χ0) is 9.30. The number of alkyl halides is 2. The summed E-state index contributed by atoms with van der Waals surface area (Å²) in [6.07, 6.45) is -2.85. The molecule has 0 bridgehead atoms. The Morgan fingerprint density at radius 3 is 2.33 bits per heavy atom. The lowest BCUT2D eigenvalue weighted by Crippen LogP contribution is -2.56. The summed E-state index contributed by atoms with van der Waals surface area (Å²) in [6, 6.07) is -1.05.